The summed E-state index contributed by atoms with van der Waals surface area (Å²) in [6, 6.07) is 1.98. The number of morpholine rings is 1. The summed E-state index contributed by atoms with van der Waals surface area (Å²) in [4.78, 5) is 19.0. The number of hydrogen-bond acceptors (Lipinski definition) is 6. The first-order valence-electron chi connectivity index (χ1n) is 7.19. The first-order chi connectivity index (χ1) is 11.3. The van der Waals surface area contributed by atoms with Crippen molar-refractivity contribution in [3.05, 3.63) is 45.2 Å². The monoisotopic (exact) mass is 346 g/mol. The lowest BCUT2D eigenvalue weighted by Gasteiger charge is -2.32. The molecule has 3 aromatic rings. The van der Waals surface area contributed by atoms with Crippen molar-refractivity contribution in [1.82, 2.24) is 20.1 Å². The van der Waals surface area contributed by atoms with Crippen molar-refractivity contribution < 1.29 is 9.53 Å². The molecular weight excluding hydrogens is 332 g/mol. The first kappa shape index (κ1) is 14.6. The molecule has 0 spiro atoms. The van der Waals surface area contributed by atoms with Crippen molar-refractivity contribution in [2.24, 2.45) is 0 Å². The Morgan fingerprint density at radius 3 is 3.17 bits per heavy atom. The quantitative estimate of drug-likeness (QED) is 0.792. The molecule has 6 nitrogen and oxygen atoms in total. The molecule has 0 bridgehead atoms. The summed E-state index contributed by atoms with van der Waals surface area (Å²) in [5.74, 6) is -0.0233. The van der Waals surface area contributed by atoms with E-state index in [2.05, 4.69) is 15.2 Å². The fraction of sp³-hybridized carbons (Fsp3) is 0.267. The van der Waals surface area contributed by atoms with E-state index in [0.29, 0.717) is 25.3 Å². The van der Waals surface area contributed by atoms with Gasteiger partial charge in [0.1, 0.15) is 11.1 Å². The van der Waals surface area contributed by atoms with Gasteiger partial charge in [-0.1, -0.05) is 0 Å². The van der Waals surface area contributed by atoms with Crippen molar-refractivity contribution in [2.45, 2.75) is 6.10 Å². The lowest BCUT2D eigenvalue weighted by molar-refractivity contribution is -0.0228. The van der Waals surface area contributed by atoms with Crippen LogP contribution in [-0.4, -0.2) is 45.7 Å². The van der Waals surface area contributed by atoms with Crippen LogP contribution in [0.2, 0.25) is 0 Å². The Hall–Kier alpha value is -2.03. The summed E-state index contributed by atoms with van der Waals surface area (Å²) in [6.45, 7) is 1.61. The van der Waals surface area contributed by atoms with Crippen LogP contribution in [0, 0.1) is 0 Å². The minimum Gasteiger partial charge on any atom is -0.367 e. The maximum atomic E-state index is 12.9. The minimum absolute atomic E-state index is 0.0233. The molecule has 1 aliphatic rings. The van der Waals surface area contributed by atoms with Gasteiger partial charge in [-0.05, 0) is 11.4 Å². The van der Waals surface area contributed by atoms with E-state index in [-0.39, 0.29) is 12.0 Å². The fourth-order valence-corrected chi connectivity index (χ4v) is 3.95. The second kappa shape index (κ2) is 6.23. The molecule has 0 radical (unpaired) electrons. The second-order valence-corrected chi connectivity index (χ2v) is 6.86. The van der Waals surface area contributed by atoms with E-state index in [4.69, 9.17) is 4.74 Å². The Balaban J connectivity index is 1.56. The summed E-state index contributed by atoms with van der Waals surface area (Å²) in [7, 11) is 0. The molecule has 0 saturated carbocycles. The molecule has 8 heteroatoms. The predicted molar refractivity (Wildman–Crippen MR) is 88.6 cm³/mol. The van der Waals surface area contributed by atoms with Gasteiger partial charge in [0.15, 0.2) is 0 Å². The molecule has 1 atom stereocenters. The van der Waals surface area contributed by atoms with Crippen LogP contribution in [0.3, 0.4) is 0 Å². The van der Waals surface area contributed by atoms with Crippen LogP contribution < -0.4 is 0 Å². The molecule has 1 amide bonds. The number of ether oxygens (including phenoxy) is 1. The van der Waals surface area contributed by atoms with Gasteiger partial charge >= 0.3 is 0 Å². The predicted octanol–water partition coefficient (Wildman–Crippen LogP) is 2.81. The van der Waals surface area contributed by atoms with E-state index in [1.165, 1.54) is 0 Å². The standard InChI is InChI=1S/C15H14N4O2S2/c20-15(11-7-17-18-13(11)10-1-5-22-9-10)19-3-4-21-12(8-19)14-16-2-6-23-14/h1-2,5-7,9,12H,3-4,8H2,(H,17,18)/t12-/m0/s1. The van der Waals surface area contributed by atoms with E-state index >= 15 is 0 Å². The topological polar surface area (TPSA) is 71.1 Å². The lowest BCUT2D eigenvalue weighted by Crippen LogP contribution is -2.42. The maximum absolute atomic E-state index is 12.9. The van der Waals surface area contributed by atoms with Crippen LogP contribution in [0.1, 0.15) is 21.5 Å². The number of thiophene rings is 1. The zero-order valence-electron chi connectivity index (χ0n) is 12.1. The lowest BCUT2D eigenvalue weighted by atomic mass is 10.1. The van der Waals surface area contributed by atoms with Crippen LogP contribution in [0.15, 0.2) is 34.6 Å². The molecule has 1 saturated heterocycles. The molecule has 1 aliphatic heterocycles. The van der Waals surface area contributed by atoms with Crippen LogP contribution >= 0.6 is 22.7 Å². The molecule has 23 heavy (non-hydrogen) atoms. The highest BCUT2D eigenvalue weighted by Gasteiger charge is 2.29. The van der Waals surface area contributed by atoms with Gasteiger partial charge in [-0.3, -0.25) is 9.89 Å². The van der Waals surface area contributed by atoms with Crippen LogP contribution in [-0.2, 0) is 4.74 Å². The largest absolute Gasteiger partial charge is 0.367 e. The van der Waals surface area contributed by atoms with Gasteiger partial charge < -0.3 is 9.64 Å². The third-order valence-corrected chi connectivity index (χ3v) is 5.31. The van der Waals surface area contributed by atoms with Crippen molar-refractivity contribution in [3.63, 3.8) is 0 Å². The Kier molecular flexibility index (Phi) is 3.94. The number of aromatic amines is 1. The highest BCUT2D eigenvalue weighted by atomic mass is 32.1. The van der Waals surface area contributed by atoms with Crippen molar-refractivity contribution >= 4 is 28.6 Å². The van der Waals surface area contributed by atoms with Crippen molar-refractivity contribution in [1.29, 1.82) is 0 Å². The number of nitrogens with one attached hydrogen (secondary N) is 1. The van der Waals surface area contributed by atoms with E-state index in [9.17, 15) is 4.79 Å². The normalized spacial score (nSPS) is 18.3. The zero-order valence-corrected chi connectivity index (χ0v) is 13.8. The third kappa shape index (κ3) is 2.80. The highest BCUT2D eigenvalue weighted by Crippen LogP contribution is 2.28. The molecule has 4 rings (SSSR count). The summed E-state index contributed by atoms with van der Waals surface area (Å²) >= 11 is 3.14. The van der Waals surface area contributed by atoms with Gasteiger partial charge in [0.25, 0.3) is 5.91 Å². The Labute approximate surface area is 140 Å². The van der Waals surface area contributed by atoms with E-state index in [0.717, 1.165) is 16.3 Å². The van der Waals surface area contributed by atoms with Crippen LogP contribution in [0.5, 0.6) is 0 Å². The summed E-state index contributed by atoms with van der Waals surface area (Å²) in [6.07, 6.45) is 3.21. The Morgan fingerprint density at radius 2 is 2.39 bits per heavy atom. The number of hydrogen-bond donors (Lipinski definition) is 1. The number of carbonyl (C=O) groups excluding carboxylic acids is 1. The minimum atomic E-state index is -0.149. The maximum Gasteiger partial charge on any atom is 0.257 e. The second-order valence-electron chi connectivity index (χ2n) is 5.15. The summed E-state index contributed by atoms with van der Waals surface area (Å²) in [5, 5.41) is 13.8. The average molecular weight is 346 g/mol. The van der Waals surface area contributed by atoms with E-state index in [1.54, 1.807) is 35.1 Å². The van der Waals surface area contributed by atoms with Gasteiger partial charge in [-0.15, -0.1) is 11.3 Å². The van der Waals surface area contributed by atoms with Crippen molar-refractivity contribution in [2.75, 3.05) is 19.7 Å². The molecule has 0 aromatic carbocycles. The molecule has 118 valence electrons. The van der Waals surface area contributed by atoms with Gasteiger partial charge in [0, 0.05) is 29.1 Å². The molecule has 4 heterocycles. The van der Waals surface area contributed by atoms with E-state index in [1.807, 2.05) is 27.1 Å². The molecule has 0 unspecified atom stereocenters. The van der Waals surface area contributed by atoms with Gasteiger partial charge in [0.05, 0.1) is 30.6 Å². The SMILES string of the molecule is O=C(c1cn[nH]c1-c1ccsc1)N1CCO[C@H](c2nccs2)C1. The number of aromatic nitrogens is 3. The van der Waals surface area contributed by atoms with Crippen LogP contribution in [0.4, 0.5) is 0 Å². The van der Waals surface area contributed by atoms with E-state index < -0.39 is 0 Å². The number of H-pyrrole nitrogens is 1. The number of amides is 1. The third-order valence-electron chi connectivity index (χ3n) is 3.76. The average Bonchev–Trinajstić information content (AvgIpc) is 3.35. The zero-order chi connectivity index (χ0) is 15.6. The fourth-order valence-electron chi connectivity index (χ4n) is 2.62. The molecule has 0 aliphatic carbocycles. The van der Waals surface area contributed by atoms with Gasteiger partial charge in [0.2, 0.25) is 0 Å². The molecule has 1 N–H and O–H groups in total. The van der Waals surface area contributed by atoms with Crippen LogP contribution in [0.25, 0.3) is 11.3 Å². The Bertz CT molecular complexity index is 782. The molecular formula is C15H14N4O2S2. The number of thiazole rings is 1. The smallest absolute Gasteiger partial charge is 0.257 e. The number of rotatable bonds is 3. The molecule has 1 fully saturated rings. The van der Waals surface area contributed by atoms with Gasteiger partial charge in [-0.2, -0.15) is 16.4 Å². The summed E-state index contributed by atoms with van der Waals surface area (Å²) < 4.78 is 5.75. The van der Waals surface area contributed by atoms with Crippen molar-refractivity contribution in [3.8, 4) is 11.3 Å². The summed E-state index contributed by atoms with van der Waals surface area (Å²) in [5.41, 5.74) is 2.36. The number of carbonyl (C=O) groups is 1. The molecule has 3 aromatic heterocycles. The Morgan fingerprint density at radius 1 is 1.43 bits per heavy atom. The highest BCUT2D eigenvalue weighted by molar-refractivity contribution is 7.09. The first-order valence-corrected chi connectivity index (χ1v) is 9.01. The van der Waals surface area contributed by atoms with Gasteiger partial charge in [-0.25, -0.2) is 4.98 Å². The number of nitrogens with zero attached hydrogens (tertiary/aromatic N) is 3.